The second-order valence-electron chi connectivity index (χ2n) is 8.80. The summed E-state index contributed by atoms with van der Waals surface area (Å²) in [4.78, 5) is 15.1. The van der Waals surface area contributed by atoms with Gasteiger partial charge in [0.25, 0.3) is 5.91 Å². The standard InChI is InChI=1S/C27H30ClN3O3S/c1-35(33,34)31(20-23-7-3-4-8-26(23)28)25-15-11-22(12-16-25)27(32)29-19-21-9-13-24(14-10-21)30-17-5-2-6-18-30/h3-4,7-16H,2,5-6,17-20H2,1H3,(H,29,32). The number of carbonyl (C=O) groups is 1. The van der Waals surface area contributed by atoms with Gasteiger partial charge in [-0.05, 0) is 72.9 Å². The molecule has 6 nitrogen and oxygen atoms in total. The van der Waals surface area contributed by atoms with Gasteiger partial charge in [-0.15, -0.1) is 0 Å². The third-order valence-electron chi connectivity index (χ3n) is 6.20. The Morgan fingerprint density at radius 1 is 0.943 bits per heavy atom. The fourth-order valence-corrected chi connectivity index (χ4v) is 5.30. The zero-order valence-electron chi connectivity index (χ0n) is 19.8. The van der Waals surface area contributed by atoms with Crippen molar-refractivity contribution >= 4 is 38.9 Å². The quantitative estimate of drug-likeness (QED) is 0.450. The van der Waals surface area contributed by atoms with E-state index in [1.807, 2.05) is 18.2 Å². The Labute approximate surface area is 212 Å². The molecule has 4 rings (SSSR count). The molecule has 3 aromatic carbocycles. The van der Waals surface area contributed by atoms with Crippen molar-refractivity contribution in [2.45, 2.75) is 32.4 Å². The molecule has 0 atom stereocenters. The molecule has 0 spiro atoms. The maximum Gasteiger partial charge on any atom is 0.251 e. The van der Waals surface area contributed by atoms with Gasteiger partial charge >= 0.3 is 0 Å². The summed E-state index contributed by atoms with van der Waals surface area (Å²) in [5, 5.41) is 3.44. The summed E-state index contributed by atoms with van der Waals surface area (Å²) in [6.45, 7) is 2.72. The van der Waals surface area contributed by atoms with E-state index in [1.54, 1.807) is 42.5 Å². The van der Waals surface area contributed by atoms with Crippen molar-refractivity contribution in [2.24, 2.45) is 0 Å². The lowest BCUT2D eigenvalue weighted by Gasteiger charge is -2.28. The van der Waals surface area contributed by atoms with Crippen LogP contribution in [0.15, 0.2) is 72.8 Å². The number of hydrogen-bond acceptors (Lipinski definition) is 4. The molecule has 0 aromatic heterocycles. The smallest absolute Gasteiger partial charge is 0.251 e. The Morgan fingerprint density at radius 3 is 2.23 bits per heavy atom. The molecule has 1 aliphatic rings. The average Bonchev–Trinajstić information content (AvgIpc) is 2.87. The summed E-state index contributed by atoms with van der Waals surface area (Å²) in [6, 6.07) is 22.0. The summed E-state index contributed by atoms with van der Waals surface area (Å²) in [5.74, 6) is -0.214. The average molecular weight is 512 g/mol. The van der Waals surface area contributed by atoms with Crippen LogP contribution in [0.1, 0.15) is 40.7 Å². The number of anilines is 2. The molecule has 184 valence electrons. The normalized spacial score (nSPS) is 13.9. The van der Waals surface area contributed by atoms with Crippen LogP contribution in [-0.4, -0.2) is 33.7 Å². The minimum Gasteiger partial charge on any atom is -0.372 e. The molecule has 1 N–H and O–H groups in total. The lowest BCUT2D eigenvalue weighted by Crippen LogP contribution is -2.29. The number of benzene rings is 3. The maximum atomic E-state index is 12.7. The van der Waals surface area contributed by atoms with Gasteiger partial charge in [-0.2, -0.15) is 0 Å². The Kier molecular flexibility index (Phi) is 7.98. The van der Waals surface area contributed by atoms with Gasteiger partial charge in [-0.25, -0.2) is 8.42 Å². The largest absolute Gasteiger partial charge is 0.372 e. The van der Waals surface area contributed by atoms with E-state index in [-0.39, 0.29) is 12.5 Å². The van der Waals surface area contributed by atoms with Crippen LogP contribution >= 0.6 is 11.6 Å². The van der Waals surface area contributed by atoms with Crippen molar-refractivity contribution in [1.29, 1.82) is 0 Å². The monoisotopic (exact) mass is 511 g/mol. The number of nitrogens with one attached hydrogen (secondary N) is 1. The van der Waals surface area contributed by atoms with E-state index in [0.29, 0.717) is 28.4 Å². The third-order valence-corrected chi connectivity index (χ3v) is 7.71. The summed E-state index contributed by atoms with van der Waals surface area (Å²) in [7, 11) is -3.55. The van der Waals surface area contributed by atoms with Crippen LogP contribution in [0.4, 0.5) is 11.4 Å². The van der Waals surface area contributed by atoms with Gasteiger partial charge in [0.05, 0.1) is 18.5 Å². The van der Waals surface area contributed by atoms with Crippen molar-refractivity contribution in [1.82, 2.24) is 5.32 Å². The summed E-state index contributed by atoms with van der Waals surface area (Å²) in [6.07, 6.45) is 4.92. The Hall–Kier alpha value is -3.03. The molecular formula is C27H30ClN3O3S. The van der Waals surface area contributed by atoms with Gasteiger partial charge in [0.1, 0.15) is 0 Å². The minimum absolute atomic E-state index is 0.109. The maximum absolute atomic E-state index is 12.7. The first-order valence-corrected chi connectivity index (χ1v) is 14.0. The van der Waals surface area contributed by atoms with E-state index in [2.05, 4.69) is 22.3 Å². The molecule has 3 aromatic rings. The number of carbonyl (C=O) groups excluding carboxylic acids is 1. The third kappa shape index (κ3) is 6.55. The molecule has 1 fully saturated rings. The molecule has 0 unspecified atom stereocenters. The van der Waals surface area contributed by atoms with Gasteiger partial charge in [0.2, 0.25) is 10.0 Å². The van der Waals surface area contributed by atoms with Crippen molar-refractivity contribution in [2.75, 3.05) is 28.6 Å². The number of hydrogen-bond donors (Lipinski definition) is 1. The van der Waals surface area contributed by atoms with Gasteiger partial charge in [-0.1, -0.05) is 41.9 Å². The first-order valence-electron chi connectivity index (χ1n) is 11.7. The van der Waals surface area contributed by atoms with E-state index in [0.717, 1.165) is 24.9 Å². The summed E-state index contributed by atoms with van der Waals surface area (Å²) >= 11 is 6.23. The number of sulfonamides is 1. The predicted molar refractivity (Wildman–Crippen MR) is 143 cm³/mol. The number of amides is 1. The van der Waals surface area contributed by atoms with Crippen molar-refractivity contribution in [3.63, 3.8) is 0 Å². The molecular weight excluding hydrogens is 482 g/mol. The van der Waals surface area contributed by atoms with Gasteiger partial charge in [0, 0.05) is 35.9 Å². The van der Waals surface area contributed by atoms with Crippen LogP contribution in [0.25, 0.3) is 0 Å². The van der Waals surface area contributed by atoms with Gasteiger partial charge in [-0.3, -0.25) is 9.10 Å². The Morgan fingerprint density at radius 2 is 1.60 bits per heavy atom. The Bertz CT molecular complexity index is 1260. The summed E-state index contributed by atoms with van der Waals surface area (Å²) < 4.78 is 26.2. The van der Waals surface area contributed by atoms with Gasteiger partial charge in [0.15, 0.2) is 0 Å². The van der Waals surface area contributed by atoms with Crippen LogP contribution < -0.4 is 14.5 Å². The number of nitrogens with zero attached hydrogens (tertiary/aromatic N) is 2. The SMILES string of the molecule is CS(=O)(=O)N(Cc1ccccc1Cl)c1ccc(C(=O)NCc2ccc(N3CCCCC3)cc2)cc1. The van der Waals surface area contributed by atoms with E-state index < -0.39 is 10.0 Å². The molecule has 35 heavy (non-hydrogen) atoms. The molecule has 0 saturated carbocycles. The van der Waals surface area contributed by atoms with Crippen molar-refractivity contribution in [3.05, 3.63) is 94.5 Å². The molecule has 1 heterocycles. The van der Waals surface area contributed by atoms with Gasteiger partial charge < -0.3 is 10.2 Å². The highest BCUT2D eigenvalue weighted by Crippen LogP contribution is 2.25. The lowest BCUT2D eigenvalue weighted by atomic mass is 10.1. The second kappa shape index (κ2) is 11.1. The zero-order chi connectivity index (χ0) is 24.8. The first-order chi connectivity index (χ1) is 16.8. The fraction of sp³-hybridized carbons (Fsp3) is 0.296. The first kappa shape index (κ1) is 25.1. The Balaban J connectivity index is 1.39. The zero-order valence-corrected chi connectivity index (χ0v) is 21.4. The number of piperidine rings is 1. The lowest BCUT2D eigenvalue weighted by molar-refractivity contribution is 0.0951. The van der Waals surface area contributed by atoms with E-state index in [1.165, 1.54) is 29.3 Å². The van der Waals surface area contributed by atoms with Crippen molar-refractivity contribution in [3.8, 4) is 0 Å². The van der Waals surface area contributed by atoms with E-state index in [4.69, 9.17) is 11.6 Å². The van der Waals surface area contributed by atoms with Crippen LogP contribution in [0.3, 0.4) is 0 Å². The molecule has 1 amide bonds. The highest BCUT2D eigenvalue weighted by Gasteiger charge is 2.19. The van der Waals surface area contributed by atoms with Crippen molar-refractivity contribution < 1.29 is 13.2 Å². The van der Waals surface area contributed by atoms with Crippen LogP contribution in [0.2, 0.25) is 5.02 Å². The topological polar surface area (TPSA) is 69.7 Å². The predicted octanol–water partition coefficient (Wildman–Crippen LogP) is 5.23. The number of rotatable bonds is 8. The highest BCUT2D eigenvalue weighted by molar-refractivity contribution is 7.92. The van der Waals surface area contributed by atoms with Crippen LogP contribution in [0.5, 0.6) is 0 Å². The fourth-order valence-electron chi connectivity index (χ4n) is 4.22. The molecule has 0 bridgehead atoms. The van der Waals surface area contributed by atoms with E-state index in [9.17, 15) is 13.2 Å². The second-order valence-corrected chi connectivity index (χ2v) is 11.1. The van der Waals surface area contributed by atoms with Crippen LogP contribution in [0, 0.1) is 0 Å². The summed E-state index contributed by atoms with van der Waals surface area (Å²) in [5.41, 5.74) is 3.89. The molecule has 1 saturated heterocycles. The minimum atomic E-state index is -3.55. The number of halogens is 1. The van der Waals surface area contributed by atoms with E-state index >= 15 is 0 Å². The van der Waals surface area contributed by atoms with Crippen LogP contribution in [-0.2, 0) is 23.1 Å². The molecule has 0 aliphatic carbocycles. The molecule has 0 radical (unpaired) electrons. The highest BCUT2D eigenvalue weighted by atomic mass is 35.5. The molecule has 1 aliphatic heterocycles. The molecule has 8 heteroatoms.